The van der Waals surface area contributed by atoms with Crippen molar-refractivity contribution in [2.24, 2.45) is 5.41 Å². The van der Waals surface area contributed by atoms with Gasteiger partial charge < -0.3 is 14.6 Å². The highest BCUT2D eigenvalue weighted by Crippen LogP contribution is 2.26. The minimum Gasteiger partial charge on any atom is -0.396 e. The lowest BCUT2D eigenvalue weighted by Crippen LogP contribution is -2.36. The van der Waals surface area contributed by atoms with Crippen molar-refractivity contribution in [2.75, 3.05) is 33.0 Å². The monoisotopic (exact) mass is 293 g/mol. The van der Waals surface area contributed by atoms with E-state index in [0.717, 1.165) is 12.8 Å². The second kappa shape index (κ2) is 13.3. The molecule has 0 aliphatic heterocycles. The van der Waals surface area contributed by atoms with Crippen LogP contribution in [0.15, 0.2) is 0 Å². The molecule has 6 nitrogen and oxygen atoms in total. The Morgan fingerprint density at radius 3 is 1.76 bits per heavy atom. The van der Waals surface area contributed by atoms with Crippen molar-refractivity contribution in [3.8, 4) is 18.2 Å². The molecule has 0 aliphatic rings. The molecule has 0 heterocycles. The summed E-state index contributed by atoms with van der Waals surface area (Å²) in [5.74, 6) is 0. The van der Waals surface area contributed by atoms with Gasteiger partial charge >= 0.3 is 0 Å². The minimum atomic E-state index is -0.527. The maximum atomic E-state index is 9.69. The first-order chi connectivity index (χ1) is 10.2. The topological polar surface area (TPSA) is 110 Å². The molecular weight excluding hydrogens is 270 g/mol. The van der Waals surface area contributed by atoms with E-state index in [9.17, 15) is 5.11 Å². The molecule has 116 valence electrons. The minimum absolute atomic E-state index is 0.0847. The van der Waals surface area contributed by atoms with Crippen LogP contribution in [0.5, 0.6) is 0 Å². The van der Waals surface area contributed by atoms with E-state index in [0.29, 0.717) is 52.1 Å². The van der Waals surface area contributed by atoms with E-state index in [1.165, 1.54) is 0 Å². The summed E-state index contributed by atoms with van der Waals surface area (Å²) in [6, 6.07) is 6.10. The number of aliphatic hydroxyl groups excluding tert-OH is 1. The third-order valence-electron chi connectivity index (χ3n) is 3.11. The van der Waals surface area contributed by atoms with Gasteiger partial charge in [0.15, 0.2) is 0 Å². The number of nitrogens with zero attached hydrogens (tertiary/aromatic N) is 3. The van der Waals surface area contributed by atoms with Crippen LogP contribution < -0.4 is 0 Å². The molecule has 0 fully saturated rings. The zero-order valence-corrected chi connectivity index (χ0v) is 12.4. The fraction of sp³-hybridized carbons (Fsp3) is 0.800. The predicted molar refractivity (Wildman–Crippen MR) is 75.7 cm³/mol. The molecule has 0 amide bonds. The average molecular weight is 293 g/mol. The van der Waals surface area contributed by atoms with Crippen LogP contribution in [-0.2, 0) is 9.47 Å². The van der Waals surface area contributed by atoms with E-state index < -0.39 is 5.41 Å². The van der Waals surface area contributed by atoms with Gasteiger partial charge in [-0.05, 0) is 12.8 Å². The summed E-state index contributed by atoms with van der Waals surface area (Å²) in [5, 5.41) is 35.2. The van der Waals surface area contributed by atoms with Crippen LogP contribution >= 0.6 is 0 Å². The fourth-order valence-corrected chi connectivity index (χ4v) is 1.87. The zero-order chi connectivity index (χ0) is 15.8. The summed E-state index contributed by atoms with van der Waals surface area (Å²) >= 11 is 0. The number of nitriles is 3. The normalized spacial score (nSPS) is 10.6. The van der Waals surface area contributed by atoms with Gasteiger partial charge in [-0.3, -0.25) is 0 Å². The SMILES string of the molecule is N#CCCCCC(CO)(COCCC#N)COCCC#N. The molecule has 0 spiro atoms. The summed E-state index contributed by atoms with van der Waals surface area (Å²) in [7, 11) is 0. The Balaban J connectivity index is 4.34. The standard InChI is InChI=1S/C15H23N3O3/c16-7-3-1-2-6-15(12-19,13-20-10-4-8-17)14-21-11-5-9-18/h19H,1-6,10-14H2. The predicted octanol–water partition coefficient (Wildman–Crippen LogP) is 1.91. The second-order valence-electron chi connectivity index (χ2n) is 4.94. The van der Waals surface area contributed by atoms with Crippen molar-refractivity contribution < 1.29 is 14.6 Å². The fourth-order valence-electron chi connectivity index (χ4n) is 1.87. The first-order valence-corrected chi connectivity index (χ1v) is 7.12. The van der Waals surface area contributed by atoms with E-state index in [-0.39, 0.29) is 6.61 Å². The molecule has 6 heteroatoms. The van der Waals surface area contributed by atoms with E-state index in [4.69, 9.17) is 25.3 Å². The van der Waals surface area contributed by atoms with Gasteiger partial charge in [0, 0.05) is 11.8 Å². The van der Waals surface area contributed by atoms with Crippen molar-refractivity contribution in [2.45, 2.75) is 38.5 Å². The molecule has 0 unspecified atom stereocenters. The van der Waals surface area contributed by atoms with Gasteiger partial charge in [0.25, 0.3) is 0 Å². The lowest BCUT2D eigenvalue weighted by Gasteiger charge is -2.31. The van der Waals surface area contributed by atoms with Gasteiger partial charge in [0.1, 0.15) is 0 Å². The summed E-state index contributed by atoms with van der Waals surface area (Å²) < 4.78 is 10.9. The van der Waals surface area contributed by atoms with E-state index in [1.807, 2.05) is 12.1 Å². The van der Waals surface area contributed by atoms with Crippen LogP contribution in [0, 0.1) is 39.4 Å². The molecule has 0 aromatic carbocycles. The summed E-state index contributed by atoms with van der Waals surface area (Å²) in [5.41, 5.74) is -0.527. The van der Waals surface area contributed by atoms with Crippen LogP contribution in [0.3, 0.4) is 0 Å². The van der Waals surface area contributed by atoms with Crippen molar-refractivity contribution in [1.29, 1.82) is 15.8 Å². The van der Waals surface area contributed by atoms with Gasteiger partial charge in [-0.15, -0.1) is 0 Å². The van der Waals surface area contributed by atoms with Gasteiger partial charge in [-0.1, -0.05) is 6.42 Å². The largest absolute Gasteiger partial charge is 0.396 e. The highest BCUT2D eigenvalue weighted by Gasteiger charge is 2.30. The molecule has 0 bridgehead atoms. The van der Waals surface area contributed by atoms with Crippen LogP contribution in [0.1, 0.15) is 38.5 Å². The highest BCUT2D eigenvalue weighted by molar-refractivity contribution is 4.80. The summed E-state index contributed by atoms with van der Waals surface area (Å²) in [4.78, 5) is 0. The maximum Gasteiger partial charge on any atom is 0.0645 e. The Kier molecular flexibility index (Phi) is 12.3. The van der Waals surface area contributed by atoms with Crippen LogP contribution in [-0.4, -0.2) is 38.1 Å². The Morgan fingerprint density at radius 2 is 1.33 bits per heavy atom. The van der Waals surface area contributed by atoms with Crippen LogP contribution in [0.4, 0.5) is 0 Å². The average Bonchev–Trinajstić information content (AvgIpc) is 2.51. The van der Waals surface area contributed by atoms with E-state index in [1.54, 1.807) is 0 Å². The quantitative estimate of drug-likeness (QED) is 0.519. The summed E-state index contributed by atoms with van der Waals surface area (Å²) in [6.45, 7) is 1.19. The van der Waals surface area contributed by atoms with Crippen molar-refractivity contribution in [3.05, 3.63) is 0 Å². The van der Waals surface area contributed by atoms with Gasteiger partial charge in [-0.2, -0.15) is 15.8 Å². The number of aliphatic hydroxyl groups is 1. The molecule has 0 aromatic heterocycles. The lowest BCUT2D eigenvalue weighted by molar-refractivity contribution is -0.0547. The zero-order valence-electron chi connectivity index (χ0n) is 12.4. The smallest absolute Gasteiger partial charge is 0.0645 e. The number of ether oxygens (including phenoxy) is 2. The van der Waals surface area contributed by atoms with Crippen LogP contribution in [0.25, 0.3) is 0 Å². The third kappa shape index (κ3) is 9.82. The highest BCUT2D eigenvalue weighted by atomic mass is 16.5. The van der Waals surface area contributed by atoms with Gasteiger partial charge in [0.2, 0.25) is 0 Å². The Hall–Kier alpha value is -1.65. The third-order valence-corrected chi connectivity index (χ3v) is 3.11. The Morgan fingerprint density at radius 1 is 0.810 bits per heavy atom. The van der Waals surface area contributed by atoms with Crippen molar-refractivity contribution in [1.82, 2.24) is 0 Å². The lowest BCUT2D eigenvalue weighted by atomic mass is 9.85. The summed E-state index contributed by atoms with van der Waals surface area (Å²) in [6.07, 6.45) is 3.37. The molecule has 1 N–H and O–H groups in total. The molecule has 0 radical (unpaired) electrons. The number of hydrogen-bond donors (Lipinski definition) is 1. The molecule has 0 aromatic rings. The molecule has 0 rings (SSSR count). The second-order valence-corrected chi connectivity index (χ2v) is 4.94. The molecule has 21 heavy (non-hydrogen) atoms. The molecule has 0 saturated heterocycles. The van der Waals surface area contributed by atoms with Crippen LogP contribution in [0.2, 0.25) is 0 Å². The maximum absolute atomic E-state index is 9.69. The van der Waals surface area contributed by atoms with Crippen molar-refractivity contribution >= 4 is 0 Å². The number of hydrogen-bond acceptors (Lipinski definition) is 6. The molecule has 0 aliphatic carbocycles. The Labute approximate surface area is 126 Å². The van der Waals surface area contributed by atoms with E-state index in [2.05, 4.69) is 6.07 Å². The first kappa shape index (κ1) is 19.4. The molecular formula is C15H23N3O3. The van der Waals surface area contributed by atoms with Gasteiger partial charge in [0.05, 0.1) is 64.1 Å². The van der Waals surface area contributed by atoms with E-state index >= 15 is 0 Å². The van der Waals surface area contributed by atoms with Gasteiger partial charge in [-0.25, -0.2) is 0 Å². The Bertz CT molecular complexity index is 324. The first-order valence-electron chi connectivity index (χ1n) is 7.12. The number of rotatable bonds is 13. The molecule has 0 saturated carbocycles. The van der Waals surface area contributed by atoms with Crippen molar-refractivity contribution in [3.63, 3.8) is 0 Å². The number of unbranched alkanes of at least 4 members (excludes halogenated alkanes) is 2. The molecule has 0 atom stereocenters.